The number of carbonyl (C=O) groups is 2. The third-order valence-corrected chi connectivity index (χ3v) is 3.14. The number of amides is 1. The number of morpholine rings is 1. The molecular formula is C14H18N2O4. The maximum Gasteiger partial charge on any atom is 0.326 e. The van der Waals surface area contributed by atoms with Crippen molar-refractivity contribution in [3.8, 4) is 0 Å². The molecule has 1 heterocycles. The molecule has 1 aliphatic heterocycles. The molecule has 6 heteroatoms. The van der Waals surface area contributed by atoms with Crippen molar-refractivity contribution in [1.29, 1.82) is 0 Å². The van der Waals surface area contributed by atoms with E-state index in [9.17, 15) is 14.7 Å². The molecule has 0 bridgehead atoms. The van der Waals surface area contributed by atoms with Gasteiger partial charge in [0.05, 0.1) is 13.2 Å². The van der Waals surface area contributed by atoms with Gasteiger partial charge in [0.2, 0.25) is 5.91 Å². The Bertz CT molecular complexity index is 458. The second kappa shape index (κ2) is 7.02. The van der Waals surface area contributed by atoms with E-state index in [1.165, 1.54) is 0 Å². The topological polar surface area (TPSA) is 87.7 Å². The summed E-state index contributed by atoms with van der Waals surface area (Å²) in [6.07, 6.45) is 0.259. The van der Waals surface area contributed by atoms with Gasteiger partial charge in [0, 0.05) is 13.0 Å². The summed E-state index contributed by atoms with van der Waals surface area (Å²) in [6.45, 7) is 1.42. The Morgan fingerprint density at radius 1 is 1.40 bits per heavy atom. The van der Waals surface area contributed by atoms with Crippen molar-refractivity contribution in [2.45, 2.75) is 18.5 Å². The third-order valence-electron chi connectivity index (χ3n) is 3.14. The zero-order valence-electron chi connectivity index (χ0n) is 11.0. The fourth-order valence-electron chi connectivity index (χ4n) is 2.06. The number of nitrogens with one attached hydrogen (secondary N) is 2. The molecule has 0 aromatic heterocycles. The highest BCUT2D eigenvalue weighted by Crippen LogP contribution is 2.04. The first-order chi connectivity index (χ1) is 9.66. The van der Waals surface area contributed by atoms with Crippen LogP contribution in [0.4, 0.5) is 0 Å². The van der Waals surface area contributed by atoms with E-state index in [-0.39, 0.29) is 18.9 Å². The quantitative estimate of drug-likeness (QED) is 0.693. The molecule has 2 rings (SSSR count). The second-order valence-electron chi connectivity index (χ2n) is 4.67. The van der Waals surface area contributed by atoms with Crippen LogP contribution >= 0.6 is 0 Å². The first-order valence-corrected chi connectivity index (χ1v) is 6.55. The van der Waals surface area contributed by atoms with Gasteiger partial charge in [-0.15, -0.1) is 0 Å². The van der Waals surface area contributed by atoms with Crippen LogP contribution in [0.1, 0.15) is 5.56 Å². The lowest BCUT2D eigenvalue weighted by Crippen LogP contribution is -2.55. The number of hydrogen-bond acceptors (Lipinski definition) is 4. The van der Waals surface area contributed by atoms with E-state index >= 15 is 0 Å². The average Bonchev–Trinajstić information content (AvgIpc) is 2.48. The Balaban J connectivity index is 1.95. The fraction of sp³-hybridized carbons (Fsp3) is 0.429. The van der Waals surface area contributed by atoms with E-state index in [1.807, 2.05) is 30.3 Å². The predicted molar refractivity (Wildman–Crippen MR) is 72.3 cm³/mol. The molecule has 1 fully saturated rings. The van der Waals surface area contributed by atoms with Crippen LogP contribution in [0.2, 0.25) is 0 Å². The number of aliphatic carboxylic acids is 1. The Labute approximate surface area is 117 Å². The highest BCUT2D eigenvalue weighted by molar-refractivity contribution is 5.87. The van der Waals surface area contributed by atoms with Gasteiger partial charge < -0.3 is 20.5 Å². The number of hydrogen-bond donors (Lipinski definition) is 3. The number of carboxylic acids is 1. The standard InChI is InChI=1S/C14H18N2O4/c17-13(12-9-20-7-6-15-12)16-11(14(18)19)8-10-4-2-1-3-5-10/h1-5,11-12,15H,6-9H2,(H,16,17)(H,18,19)/t11-,12?/m1/s1. The summed E-state index contributed by atoms with van der Waals surface area (Å²) in [5.41, 5.74) is 0.869. The van der Waals surface area contributed by atoms with E-state index in [0.717, 1.165) is 5.56 Å². The van der Waals surface area contributed by atoms with Gasteiger partial charge in [-0.3, -0.25) is 4.79 Å². The number of rotatable bonds is 5. The van der Waals surface area contributed by atoms with Gasteiger partial charge in [0.1, 0.15) is 12.1 Å². The van der Waals surface area contributed by atoms with Crippen molar-refractivity contribution < 1.29 is 19.4 Å². The Hall–Kier alpha value is -1.92. The molecular weight excluding hydrogens is 260 g/mol. The van der Waals surface area contributed by atoms with Crippen molar-refractivity contribution in [3.63, 3.8) is 0 Å². The number of carboxylic acid groups (broad SMARTS) is 1. The van der Waals surface area contributed by atoms with Crippen LogP contribution in [0, 0.1) is 0 Å². The molecule has 1 saturated heterocycles. The molecule has 0 saturated carbocycles. The molecule has 2 atom stereocenters. The summed E-state index contributed by atoms with van der Waals surface area (Å²) in [5, 5.41) is 14.8. The molecule has 1 amide bonds. The number of benzene rings is 1. The minimum absolute atomic E-state index is 0.259. The molecule has 1 unspecified atom stereocenters. The minimum atomic E-state index is -1.04. The van der Waals surface area contributed by atoms with Gasteiger partial charge in [-0.2, -0.15) is 0 Å². The highest BCUT2D eigenvalue weighted by Gasteiger charge is 2.26. The van der Waals surface area contributed by atoms with Crippen molar-refractivity contribution >= 4 is 11.9 Å². The van der Waals surface area contributed by atoms with Crippen molar-refractivity contribution in [2.24, 2.45) is 0 Å². The lowest BCUT2D eigenvalue weighted by Gasteiger charge is -2.24. The van der Waals surface area contributed by atoms with Crippen molar-refractivity contribution in [3.05, 3.63) is 35.9 Å². The van der Waals surface area contributed by atoms with Crippen LogP contribution in [0.3, 0.4) is 0 Å². The molecule has 20 heavy (non-hydrogen) atoms. The molecule has 1 aromatic rings. The van der Waals surface area contributed by atoms with Crippen molar-refractivity contribution in [1.82, 2.24) is 10.6 Å². The third kappa shape index (κ3) is 4.04. The van der Waals surface area contributed by atoms with Gasteiger partial charge in [-0.1, -0.05) is 30.3 Å². The van der Waals surface area contributed by atoms with Gasteiger partial charge >= 0.3 is 5.97 Å². The smallest absolute Gasteiger partial charge is 0.326 e. The Morgan fingerprint density at radius 3 is 2.75 bits per heavy atom. The normalized spacial score (nSPS) is 20.1. The van der Waals surface area contributed by atoms with Crippen LogP contribution < -0.4 is 10.6 Å². The van der Waals surface area contributed by atoms with E-state index in [1.54, 1.807) is 0 Å². The van der Waals surface area contributed by atoms with E-state index in [4.69, 9.17) is 4.74 Å². The zero-order valence-corrected chi connectivity index (χ0v) is 11.0. The highest BCUT2D eigenvalue weighted by atomic mass is 16.5. The van der Waals surface area contributed by atoms with Crippen LogP contribution in [-0.2, 0) is 20.7 Å². The molecule has 0 aliphatic carbocycles. The summed E-state index contributed by atoms with van der Waals surface area (Å²) in [7, 11) is 0. The van der Waals surface area contributed by atoms with Crippen LogP contribution in [0.5, 0.6) is 0 Å². The van der Waals surface area contributed by atoms with Crippen molar-refractivity contribution in [2.75, 3.05) is 19.8 Å². The van der Waals surface area contributed by atoms with E-state index in [2.05, 4.69) is 10.6 Å². The predicted octanol–water partition coefficient (Wildman–Crippen LogP) is -0.213. The zero-order chi connectivity index (χ0) is 14.4. The largest absolute Gasteiger partial charge is 0.480 e. The molecule has 0 radical (unpaired) electrons. The lowest BCUT2D eigenvalue weighted by atomic mass is 10.1. The molecule has 1 aromatic carbocycles. The first-order valence-electron chi connectivity index (χ1n) is 6.55. The maximum absolute atomic E-state index is 12.0. The minimum Gasteiger partial charge on any atom is -0.480 e. The van der Waals surface area contributed by atoms with Gasteiger partial charge in [0.25, 0.3) is 0 Å². The van der Waals surface area contributed by atoms with Crippen LogP contribution in [0.15, 0.2) is 30.3 Å². The summed E-state index contributed by atoms with van der Waals surface area (Å²) in [4.78, 5) is 23.2. The molecule has 108 valence electrons. The first kappa shape index (κ1) is 14.5. The molecule has 3 N–H and O–H groups in total. The molecule has 6 nitrogen and oxygen atoms in total. The SMILES string of the molecule is O=C(N[C@H](Cc1ccccc1)C(=O)O)C1COCCN1. The molecule has 1 aliphatic rings. The van der Waals surface area contributed by atoms with Gasteiger partial charge in [-0.05, 0) is 5.56 Å². The van der Waals surface area contributed by atoms with Gasteiger partial charge in [0.15, 0.2) is 0 Å². The summed E-state index contributed by atoms with van der Waals surface area (Å²) >= 11 is 0. The monoisotopic (exact) mass is 278 g/mol. The van der Waals surface area contributed by atoms with E-state index in [0.29, 0.717) is 13.2 Å². The maximum atomic E-state index is 12.0. The summed E-state index contributed by atoms with van der Waals surface area (Å²) in [5.74, 6) is -1.38. The fourth-order valence-corrected chi connectivity index (χ4v) is 2.06. The summed E-state index contributed by atoms with van der Waals surface area (Å²) < 4.78 is 5.19. The lowest BCUT2D eigenvalue weighted by molar-refractivity contribution is -0.142. The Kier molecular flexibility index (Phi) is 5.09. The van der Waals surface area contributed by atoms with Gasteiger partial charge in [-0.25, -0.2) is 4.79 Å². The van der Waals surface area contributed by atoms with Crippen LogP contribution in [-0.4, -0.2) is 48.8 Å². The molecule has 0 spiro atoms. The average molecular weight is 278 g/mol. The Morgan fingerprint density at radius 2 is 2.15 bits per heavy atom. The second-order valence-corrected chi connectivity index (χ2v) is 4.67. The van der Waals surface area contributed by atoms with Crippen LogP contribution in [0.25, 0.3) is 0 Å². The summed E-state index contributed by atoms with van der Waals surface area (Å²) in [6, 6.07) is 7.80. The number of ether oxygens (including phenoxy) is 1. The van der Waals surface area contributed by atoms with E-state index < -0.39 is 18.1 Å². The number of carbonyl (C=O) groups excluding carboxylic acids is 1.